The van der Waals surface area contributed by atoms with E-state index in [4.69, 9.17) is 0 Å². The molecule has 0 atom stereocenters. The van der Waals surface area contributed by atoms with E-state index in [-0.39, 0.29) is 17.2 Å². The molecule has 2 nitrogen and oxygen atoms in total. The molecule has 0 bridgehead atoms. The average Bonchev–Trinajstić information content (AvgIpc) is 2.43. The molecule has 0 N–H and O–H groups in total. The van der Waals surface area contributed by atoms with Crippen molar-refractivity contribution in [3.63, 3.8) is 0 Å². The third-order valence-electron chi connectivity index (χ3n) is 1.40. The van der Waals surface area contributed by atoms with E-state index in [1.54, 1.807) is 11.3 Å². The van der Waals surface area contributed by atoms with Crippen LogP contribution in [0.25, 0.3) is 10.3 Å². The fraction of sp³-hybridized carbons (Fsp3) is 0.143. The van der Waals surface area contributed by atoms with E-state index in [1.165, 1.54) is 3.70 Å². The van der Waals surface area contributed by atoms with Crippen molar-refractivity contribution < 1.29 is 17.2 Å². The van der Waals surface area contributed by atoms with Crippen molar-refractivity contribution in [1.29, 1.82) is 0 Å². The van der Waals surface area contributed by atoms with E-state index >= 15 is 0 Å². The van der Waals surface area contributed by atoms with Crippen LogP contribution in [0, 0.1) is 10.6 Å². The summed E-state index contributed by atoms with van der Waals surface area (Å²) in [6.45, 7) is 2.02. The molecular weight excluding hydrogens is 398 g/mol. The zero-order valence-corrected chi connectivity index (χ0v) is 11.3. The molecular formula is C7H5I2N2S-. The minimum absolute atomic E-state index is 0.0815. The van der Waals surface area contributed by atoms with E-state index < -0.39 is 0 Å². The zero-order chi connectivity index (χ0) is 8.55. The van der Waals surface area contributed by atoms with Crippen LogP contribution >= 0.6 is 30.0 Å². The minimum atomic E-state index is 0.0815. The molecule has 0 spiro atoms. The predicted molar refractivity (Wildman–Crippen MR) is 54.9 cm³/mol. The molecule has 0 unspecified atom stereocenters. The van der Waals surface area contributed by atoms with Crippen LogP contribution in [-0.4, -0.2) is 9.97 Å². The van der Waals surface area contributed by atoms with Gasteiger partial charge in [0.05, 0.1) is 0 Å². The molecule has 0 aromatic carbocycles. The quantitative estimate of drug-likeness (QED) is 0.479. The number of hydrogen-bond donors (Lipinski definition) is 0. The number of aryl methyl sites for hydroxylation is 1. The molecule has 0 fully saturated rings. The van der Waals surface area contributed by atoms with Gasteiger partial charge >= 0.3 is 95.3 Å². The van der Waals surface area contributed by atoms with Crippen LogP contribution in [0.3, 0.4) is 0 Å². The van der Waals surface area contributed by atoms with Gasteiger partial charge in [0.15, 0.2) is 0 Å². The van der Waals surface area contributed by atoms with Gasteiger partial charge < -0.3 is 0 Å². The molecule has 0 aliphatic rings. The molecule has 2 heterocycles. The molecule has 64 valence electrons. The van der Waals surface area contributed by atoms with Crippen molar-refractivity contribution in [2.24, 2.45) is 0 Å². The first kappa shape index (κ1) is 9.07. The summed E-state index contributed by atoms with van der Waals surface area (Å²) in [4.78, 5) is 9.95. The molecule has 2 aromatic rings. The monoisotopic (exact) mass is 403 g/mol. The fourth-order valence-electron chi connectivity index (χ4n) is 0.943. The standard InChI is InChI=1S/C7H5I2N2S/c1-4-10-5-2-3-6(9-8)11-7(5)12-4/h2-3H,1H3/q-1. The van der Waals surface area contributed by atoms with Crippen LogP contribution in [0.1, 0.15) is 5.01 Å². The normalized spacial score (nSPS) is 11.2. The van der Waals surface area contributed by atoms with Gasteiger partial charge in [0.1, 0.15) is 0 Å². The van der Waals surface area contributed by atoms with E-state index in [9.17, 15) is 0 Å². The number of halogens is 2. The van der Waals surface area contributed by atoms with E-state index in [1.807, 2.05) is 6.92 Å². The van der Waals surface area contributed by atoms with Crippen molar-refractivity contribution in [2.45, 2.75) is 6.92 Å². The Morgan fingerprint density at radius 2 is 2.25 bits per heavy atom. The number of rotatable bonds is 1. The van der Waals surface area contributed by atoms with Crippen LogP contribution in [0.2, 0.25) is 0 Å². The Morgan fingerprint density at radius 1 is 1.42 bits per heavy atom. The Balaban J connectivity index is 2.66. The SMILES string of the molecule is Cc1nc2ccc([I-]I)nc2s1. The zero-order valence-electron chi connectivity index (χ0n) is 6.21. The van der Waals surface area contributed by atoms with Gasteiger partial charge in [-0.05, 0) is 0 Å². The second kappa shape index (κ2) is 3.70. The van der Waals surface area contributed by atoms with Gasteiger partial charge in [-0.3, -0.25) is 0 Å². The van der Waals surface area contributed by atoms with Crippen molar-refractivity contribution in [2.75, 3.05) is 0 Å². The molecule has 2 aromatic heterocycles. The van der Waals surface area contributed by atoms with Crippen LogP contribution < -0.4 is 17.2 Å². The summed E-state index contributed by atoms with van der Waals surface area (Å²) < 4.78 is 1.24. The molecule has 0 radical (unpaired) electrons. The Morgan fingerprint density at radius 3 is 3.00 bits per heavy atom. The molecule has 0 saturated carbocycles. The van der Waals surface area contributed by atoms with Gasteiger partial charge in [0.25, 0.3) is 0 Å². The third kappa shape index (κ3) is 1.72. The number of fused-ring (bicyclic) bond motifs is 1. The first-order valence-electron chi connectivity index (χ1n) is 3.30. The second-order valence-corrected chi connectivity index (χ2v) is 7.69. The summed E-state index contributed by atoms with van der Waals surface area (Å²) in [5.41, 5.74) is 1.04. The van der Waals surface area contributed by atoms with Gasteiger partial charge in [-0.25, -0.2) is 0 Å². The van der Waals surface area contributed by atoms with Gasteiger partial charge in [0, 0.05) is 0 Å². The number of thiazole rings is 1. The Labute approximate surface area is 94.2 Å². The maximum atomic E-state index is 4.51. The first-order valence-corrected chi connectivity index (χ1v) is 11.5. The fourth-order valence-corrected chi connectivity index (χ4v) is 4.06. The van der Waals surface area contributed by atoms with Gasteiger partial charge in [-0.1, -0.05) is 0 Å². The number of hydrogen-bond acceptors (Lipinski definition) is 3. The van der Waals surface area contributed by atoms with E-state index in [0.29, 0.717) is 0 Å². The molecule has 2 rings (SSSR count). The van der Waals surface area contributed by atoms with Crippen LogP contribution in [0.4, 0.5) is 0 Å². The van der Waals surface area contributed by atoms with Crippen molar-refractivity contribution in [1.82, 2.24) is 9.97 Å². The number of aromatic nitrogens is 2. The predicted octanol–water partition coefficient (Wildman–Crippen LogP) is -0.392. The maximum absolute atomic E-state index is 4.51. The summed E-state index contributed by atoms with van der Waals surface area (Å²) in [7, 11) is 0. The van der Waals surface area contributed by atoms with Gasteiger partial charge in [-0.2, -0.15) is 0 Å². The summed E-state index contributed by atoms with van der Waals surface area (Å²) in [6, 6.07) is 4.15. The molecule has 0 amide bonds. The van der Waals surface area contributed by atoms with Gasteiger partial charge in [-0.15, -0.1) is 0 Å². The summed E-state index contributed by atoms with van der Waals surface area (Å²) in [6.07, 6.45) is 0. The Hall–Kier alpha value is 0.500. The Bertz CT molecular complexity index is 413. The van der Waals surface area contributed by atoms with E-state index in [0.717, 1.165) is 15.4 Å². The molecule has 0 saturated heterocycles. The topological polar surface area (TPSA) is 25.8 Å². The van der Waals surface area contributed by atoms with Gasteiger partial charge in [0.2, 0.25) is 0 Å². The van der Waals surface area contributed by atoms with Crippen LogP contribution in [0.5, 0.6) is 0 Å². The summed E-state index contributed by atoms with van der Waals surface area (Å²) in [5.74, 6) is 0. The van der Waals surface area contributed by atoms with Crippen molar-refractivity contribution in [3.8, 4) is 0 Å². The van der Waals surface area contributed by atoms with Crippen LogP contribution in [-0.2, 0) is 0 Å². The number of pyridine rings is 1. The Kier molecular flexibility index (Phi) is 2.80. The number of nitrogens with zero attached hydrogens (tertiary/aromatic N) is 2. The average molecular weight is 403 g/mol. The van der Waals surface area contributed by atoms with Crippen LogP contribution in [0.15, 0.2) is 12.1 Å². The molecule has 0 aliphatic heterocycles. The molecule has 0 aliphatic carbocycles. The van der Waals surface area contributed by atoms with E-state index in [2.05, 4.69) is 40.7 Å². The first-order chi connectivity index (χ1) is 5.79. The molecule has 5 heteroatoms. The summed E-state index contributed by atoms with van der Waals surface area (Å²) in [5, 5.41) is 1.10. The summed E-state index contributed by atoms with van der Waals surface area (Å²) >= 11 is 4.18. The van der Waals surface area contributed by atoms with Crippen molar-refractivity contribution >= 4 is 40.3 Å². The third-order valence-corrected chi connectivity index (χ3v) is 6.10. The molecule has 12 heavy (non-hydrogen) atoms. The van der Waals surface area contributed by atoms with Crippen molar-refractivity contribution in [3.05, 3.63) is 20.8 Å². The second-order valence-electron chi connectivity index (χ2n) is 2.26.